The van der Waals surface area contributed by atoms with E-state index in [9.17, 15) is 9.59 Å². The van der Waals surface area contributed by atoms with Gasteiger partial charge in [-0.2, -0.15) is 0 Å². The van der Waals surface area contributed by atoms with Gasteiger partial charge in [0.25, 0.3) is 5.91 Å². The third-order valence-corrected chi connectivity index (χ3v) is 3.07. The zero-order valence-electron chi connectivity index (χ0n) is 8.29. The van der Waals surface area contributed by atoms with E-state index < -0.39 is 5.54 Å². The molecule has 0 radical (unpaired) electrons. The summed E-state index contributed by atoms with van der Waals surface area (Å²) in [5.74, 6) is 0.114. The molecule has 0 bridgehead atoms. The smallest absolute Gasteiger partial charge is 0.325 e. The van der Waals surface area contributed by atoms with Crippen LogP contribution in [0.2, 0.25) is 0 Å². The lowest BCUT2D eigenvalue weighted by molar-refractivity contribution is -0.134. The fourth-order valence-electron chi connectivity index (χ4n) is 2.02. The summed E-state index contributed by atoms with van der Waals surface area (Å²) in [5, 5.41) is 2.75. The highest BCUT2D eigenvalue weighted by atomic mass is 35.5. The van der Waals surface area contributed by atoms with Gasteiger partial charge in [0.1, 0.15) is 5.54 Å². The van der Waals surface area contributed by atoms with Crippen LogP contribution < -0.4 is 5.32 Å². The van der Waals surface area contributed by atoms with Crippen LogP contribution in [-0.4, -0.2) is 48.0 Å². The van der Waals surface area contributed by atoms with E-state index in [1.807, 2.05) is 0 Å². The first-order valence-electron chi connectivity index (χ1n) is 4.97. The Hall–Kier alpha value is -0.810. The Kier molecular flexibility index (Phi) is 2.84. The predicted octanol–water partition coefficient (Wildman–Crippen LogP) is 0.326. The summed E-state index contributed by atoms with van der Waals surface area (Å²) in [5.41, 5.74) is -0.721. The van der Waals surface area contributed by atoms with Crippen LogP contribution in [0.4, 0.5) is 4.79 Å². The number of rotatable bonds is 2. The Morgan fingerprint density at radius 1 is 1.40 bits per heavy atom. The topological polar surface area (TPSA) is 58.6 Å². The van der Waals surface area contributed by atoms with Crippen molar-refractivity contribution in [1.29, 1.82) is 0 Å². The molecule has 2 aliphatic heterocycles. The molecule has 84 valence electrons. The van der Waals surface area contributed by atoms with Crippen LogP contribution in [0.15, 0.2) is 0 Å². The van der Waals surface area contributed by atoms with Crippen LogP contribution in [0.1, 0.15) is 12.8 Å². The van der Waals surface area contributed by atoms with Crippen molar-refractivity contribution in [3.8, 4) is 0 Å². The molecule has 1 N–H and O–H groups in total. The average Bonchev–Trinajstić information content (AvgIpc) is 2.45. The summed E-state index contributed by atoms with van der Waals surface area (Å²) in [6, 6.07) is -0.331. The van der Waals surface area contributed by atoms with Crippen molar-refractivity contribution < 1.29 is 14.3 Å². The van der Waals surface area contributed by atoms with Gasteiger partial charge in [0.2, 0.25) is 0 Å². The predicted molar refractivity (Wildman–Crippen MR) is 53.7 cm³/mol. The molecule has 2 rings (SSSR count). The lowest BCUT2D eigenvalue weighted by Gasteiger charge is -2.30. The molecule has 2 saturated heterocycles. The molecular formula is C9H13ClN2O3. The minimum absolute atomic E-state index is 0.156. The molecule has 0 atom stereocenters. The summed E-state index contributed by atoms with van der Waals surface area (Å²) in [6.45, 7) is 1.30. The molecule has 15 heavy (non-hydrogen) atoms. The van der Waals surface area contributed by atoms with E-state index in [2.05, 4.69) is 5.32 Å². The van der Waals surface area contributed by atoms with Crippen molar-refractivity contribution in [3.05, 3.63) is 0 Å². The van der Waals surface area contributed by atoms with Gasteiger partial charge >= 0.3 is 6.03 Å². The van der Waals surface area contributed by atoms with Crippen LogP contribution >= 0.6 is 11.6 Å². The number of carbonyl (C=O) groups excluding carboxylic acids is 2. The van der Waals surface area contributed by atoms with E-state index in [1.54, 1.807) is 0 Å². The highest BCUT2D eigenvalue weighted by Gasteiger charge is 2.51. The first-order chi connectivity index (χ1) is 7.19. The summed E-state index contributed by atoms with van der Waals surface area (Å²) >= 11 is 5.54. The number of ether oxygens (including phenoxy) is 1. The Bertz CT molecular complexity index is 289. The molecule has 0 aromatic heterocycles. The van der Waals surface area contributed by atoms with E-state index in [0.29, 0.717) is 26.1 Å². The summed E-state index contributed by atoms with van der Waals surface area (Å²) in [6.07, 6.45) is 1.10. The van der Waals surface area contributed by atoms with Crippen molar-refractivity contribution in [1.82, 2.24) is 10.2 Å². The van der Waals surface area contributed by atoms with Gasteiger partial charge in [0, 0.05) is 38.5 Å². The Morgan fingerprint density at radius 3 is 2.67 bits per heavy atom. The monoisotopic (exact) mass is 232 g/mol. The molecule has 3 amide bonds. The first kappa shape index (κ1) is 10.7. The number of carbonyl (C=O) groups is 2. The molecule has 0 unspecified atom stereocenters. The SMILES string of the molecule is O=C1NC2(CCOCC2)C(=O)N1CCCl. The molecule has 1 spiro atoms. The van der Waals surface area contributed by atoms with Crippen molar-refractivity contribution in [2.24, 2.45) is 0 Å². The van der Waals surface area contributed by atoms with E-state index in [0.717, 1.165) is 0 Å². The number of urea groups is 1. The second kappa shape index (κ2) is 3.98. The second-order valence-corrected chi connectivity index (χ2v) is 4.15. The fourth-order valence-corrected chi connectivity index (χ4v) is 2.19. The number of imide groups is 1. The number of nitrogens with one attached hydrogen (secondary N) is 1. The molecule has 0 aliphatic carbocycles. The van der Waals surface area contributed by atoms with Crippen LogP contribution in [0, 0.1) is 0 Å². The van der Waals surface area contributed by atoms with Crippen molar-refractivity contribution in [2.75, 3.05) is 25.6 Å². The van der Waals surface area contributed by atoms with E-state index in [-0.39, 0.29) is 24.4 Å². The molecule has 0 aromatic carbocycles. The fraction of sp³-hybridized carbons (Fsp3) is 0.778. The molecule has 5 nitrogen and oxygen atoms in total. The van der Waals surface area contributed by atoms with Crippen LogP contribution in [0.3, 0.4) is 0 Å². The molecular weight excluding hydrogens is 220 g/mol. The Morgan fingerprint density at radius 2 is 2.07 bits per heavy atom. The lowest BCUT2D eigenvalue weighted by Crippen LogP contribution is -2.51. The van der Waals surface area contributed by atoms with Gasteiger partial charge in [-0.05, 0) is 0 Å². The van der Waals surface area contributed by atoms with Gasteiger partial charge in [-0.3, -0.25) is 9.69 Å². The van der Waals surface area contributed by atoms with Crippen molar-refractivity contribution in [3.63, 3.8) is 0 Å². The van der Waals surface area contributed by atoms with E-state index in [1.165, 1.54) is 4.90 Å². The standard InChI is InChI=1S/C9H13ClN2O3/c10-3-4-12-7(13)9(11-8(12)14)1-5-15-6-2-9/h1-6H2,(H,11,14). The summed E-state index contributed by atoms with van der Waals surface area (Å²) in [4.78, 5) is 24.7. The summed E-state index contributed by atoms with van der Waals surface area (Å²) < 4.78 is 5.19. The third-order valence-electron chi connectivity index (χ3n) is 2.90. The first-order valence-corrected chi connectivity index (χ1v) is 5.51. The molecule has 0 aromatic rings. The zero-order valence-corrected chi connectivity index (χ0v) is 9.05. The Balaban J connectivity index is 2.15. The maximum absolute atomic E-state index is 12.0. The maximum Gasteiger partial charge on any atom is 0.325 e. The van der Waals surface area contributed by atoms with Crippen LogP contribution in [-0.2, 0) is 9.53 Å². The zero-order chi connectivity index (χ0) is 10.9. The number of nitrogens with zero attached hydrogens (tertiary/aromatic N) is 1. The minimum atomic E-state index is -0.721. The largest absolute Gasteiger partial charge is 0.381 e. The van der Waals surface area contributed by atoms with Gasteiger partial charge in [-0.1, -0.05) is 0 Å². The molecule has 0 saturated carbocycles. The number of alkyl halides is 1. The molecule has 2 heterocycles. The lowest BCUT2D eigenvalue weighted by atomic mass is 9.90. The quantitative estimate of drug-likeness (QED) is 0.551. The van der Waals surface area contributed by atoms with Gasteiger partial charge in [0.15, 0.2) is 0 Å². The van der Waals surface area contributed by atoms with Crippen molar-refractivity contribution >= 4 is 23.5 Å². The van der Waals surface area contributed by atoms with Gasteiger partial charge in [-0.15, -0.1) is 11.6 Å². The number of hydrogen-bond acceptors (Lipinski definition) is 3. The maximum atomic E-state index is 12.0. The van der Waals surface area contributed by atoms with Crippen LogP contribution in [0.5, 0.6) is 0 Å². The van der Waals surface area contributed by atoms with Gasteiger partial charge in [-0.25, -0.2) is 4.79 Å². The third kappa shape index (κ3) is 1.70. The average molecular weight is 233 g/mol. The number of halogens is 1. The number of hydrogen-bond donors (Lipinski definition) is 1. The molecule has 6 heteroatoms. The summed E-state index contributed by atoms with van der Waals surface area (Å²) in [7, 11) is 0. The highest BCUT2D eigenvalue weighted by molar-refractivity contribution is 6.18. The number of amides is 3. The van der Waals surface area contributed by atoms with E-state index >= 15 is 0 Å². The normalized spacial score (nSPS) is 24.7. The van der Waals surface area contributed by atoms with Gasteiger partial charge in [0.05, 0.1) is 0 Å². The molecule has 2 fully saturated rings. The highest BCUT2D eigenvalue weighted by Crippen LogP contribution is 2.28. The Labute approximate surface area is 92.7 Å². The second-order valence-electron chi connectivity index (χ2n) is 3.77. The van der Waals surface area contributed by atoms with E-state index in [4.69, 9.17) is 16.3 Å². The van der Waals surface area contributed by atoms with Crippen molar-refractivity contribution in [2.45, 2.75) is 18.4 Å². The minimum Gasteiger partial charge on any atom is -0.381 e. The van der Waals surface area contributed by atoms with Crippen LogP contribution in [0.25, 0.3) is 0 Å². The van der Waals surface area contributed by atoms with Gasteiger partial charge < -0.3 is 10.1 Å². The molecule has 2 aliphatic rings.